The van der Waals surface area contributed by atoms with Crippen LogP contribution in [0.2, 0.25) is 0 Å². The largest absolute Gasteiger partial charge is 0.432 e. The van der Waals surface area contributed by atoms with Gasteiger partial charge in [-0.3, -0.25) is 0 Å². The van der Waals surface area contributed by atoms with Crippen molar-refractivity contribution in [2.24, 2.45) is 0 Å². The van der Waals surface area contributed by atoms with Gasteiger partial charge in [0.2, 0.25) is 0 Å². The van der Waals surface area contributed by atoms with Crippen molar-refractivity contribution in [2.75, 3.05) is 7.11 Å². The third-order valence-corrected chi connectivity index (χ3v) is 6.17. The van der Waals surface area contributed by atoms with E-state index >= 15 is 4.39 Å². The number of benzene rings is 4. The molecule has 37 heavy (non-hydrogen) atoms. The Morgan fingerprint density at radius 1 is 0.676 bits per heavy atom. The van der Waals surface area contributed by atoms with Crippen LogP contribution in [0, 0.1) is 23.3 Å². The summed E-state index contributed by atoms with van der Waals surface area (Å²) in [4.78, 5) is 0. The molecule has 0 amide bonds. The van der Waals surface area contributed by atoms with E-state index in [1.54, 1.807) is 30.3 Å². The minimum atomic E-state index is -3.12. The number of alkyl halides is 2. The van der Waals surface area contributed by atoms with E-state index < -0.39 is 35.6 Å². The van der Waals surface area contributed by atoms with Gasteiger partial charge in [-0.05, 0) is 77.6 Å². The van der Waals surface area contributed by atoms with Crippen LogP contribution < -0.4 is 4.74 Å². The molecular weight excluding hydrogens is 494 g/mol. The molecule has 0 aliphatic carbocycles. The highest BCUT2D eigenvalue weighted by molar-refractivity contribution is 5.84. The van der Waals surface area contributed by atoms with E-state index in [1.165, 1.54) is 25.3 Å². The van der Waals surface area contributed by atoms with Crippen molar-refractivity contribution >= 4 is 10.8 Å². The van der Waals surface area contributed by atoms with E-state index in [4.69, 9.17) is 4.74 Å². The van der Waals surface area contributed by atoms with Gasteiger partial charge in [0.25, 0.3) is 0 Å². The summed E-state index contributed by atoms with van der Waals surface area (Å²) in [6, 6.07) is 14.8. The molecule has 4 aromatic carbocycles. The van der Waals surface area contributed by atoms with Gasteiger partial charge in [0.05, 0.1) is 6.61 Å². The fraction of sp³-hybridized carbons (Fsp3) is 0.241. The molecule has 0 fully saturated rings. The number of fused-ring (bicyclic) bond motifs is 1. The van der Waals surface area contributed by atoms with Crippen LogP contribution in [0.25, 0.3) is 10.8 Å². The number of halogens is 6. The zero-order chi connectivity index (χ0) is 26.5. The number of hydrogen-bond acceptors (Lipinski definition) is 2. The Morgan fingerprint density at radius 3 is 2.00 bits per heavy atom. The topological polar surface area (TPSA) is 18.5 Å². The van der Waals surface area contributed by atoms with Crippen LogP contribution in [0.5, 0.6) is 5.75 Å². The molecule has 0 unspecified atom stereocenters. The molecule has 194 valence electrons. The van der Waals surface area contributed by atoms with Crippen LogP contribution in [-0.2, 0) is 37.0 Å². The lowest BCUT2D eigenvalue weighted by Gasteiger charge is -2.11. The van der Waals surface area contributed by atoms with Gasteiger partial charge >= 0.3 is 6.61 Å². The standard InChI is InChI=1S/C29H24F6O2/c1-36-16-19-14-24(30)23(25(31)15-19)10-4-17-3-9-22-21(12-17)8-7-20(28(22)33)6-2-18-5-11-27(26(32)13-18)37-29(34)35/h3,5,7-9,11-15,29H,2,4,6,10,16H2,1H3. The van der Waals surface area contributed by atoms with Crippen molar-refractivity contribution in [1.82, 2.24) is 0 Å². The second-order valence-corrected chi connectivity index (χ2v) is 8.71. The van der Waals surface area contributed by atoms with Crippen molar-refractivity contribution < 1.29 is 35.8 Å². The lowest BCUT2D eigenvalue weighted by molar-refractivity contribution is -0.0522. The first-order valence-corrected chi connectivity index (χ1v) is 11.6. The van der Waals surface area contributed by atoms with E-state index in [0.717, 1.165) is 17.7 Å². The Morgan fingerprint density at radius 2 is 1.32 bits per heavy atom. The van der Waals surface area contributed by atoms with Gasteiger partial charge in [0.1, 0.15) is 17.5 Å². The second kappa shape index (κ2) is 11.7. The van der Waals surface area contributed by atoms with Gasteiger partial charge in [-0.25, -0.2) is 17.6 Å². The van der Waals surface area contributed by atoms with E-state index in [0.29, 0.717) is 40.3 Å². The number of methoxy groups -OCH3 is 1. The maximum absolute atomic E-state index is 15.2. The molecule has 0 aliphatic rings. The predicted molar refractivity (Wildman–Crippen MR) is 129 cm³/mol. The van der Waals surface area contributed by atoms with E-state index in [1.807, 2.05) is 0 Å². The van der Waals surface area contributed by atoms with Crippen LogP contribution in [0.1, 0.15) is 27.8 Å². The molecule has 0 aromatic heterocycles. The molecular formula is C29H24F6O2. The summed E-state index contributed by atoms with van der Waals surface area (Å²) in [5.41, 5.74) is 2.16. The monoisotopic (exact) mass is 518 g/mol. The number of rotatable bonds is 10. The van der Waals surface area contributed by atoms with E-state index in [-0.39, 0.29) is 25.0 Å². The van der Waals surface area contributed by atoms with Crippen molar-refractivity contribution in [3.63, 3.8) is 0 Å². The maximum Gasteiger partial charge on any atom is 0.387 e. The van der Waals surface area contributed by atoms with Crippen LogP contribution in [0.15, 0.2) is 60.7 Å². The molecule has 4 aromatic rings. The molecule has 0 saturated carbocycles. The van der Waals surface area contributed by atoms with Crippen molar-refractivity contribution in [3.05, 3.63) is 112 Å². The molecule has 0 aliphatic heterocycles. The molecule has 0 heterocycles. The third kappa shape index (κ3) is 6.43. The minimum Gasteiger partial charge on any atom is -0.432 e. The summed E-state index contributed by atoms with van der Waals surface area (Å²) >= 11 is 0. The normalized spacial score (nSPS) is 11.5. The molecule has 0 spiro atoms. The average Bonchev–Trinajstić information content (AvgIpc) is 2.84. The maximum atomic E-state index is 15.2. The van der Waals surface area contributed by atoms with Gasteiger partial charge in [0.15, 0.2) is 11.6 Å². The Labute approximate surface area is 210 Å². The Hall–Kier alpha value is -3.52. The zero-order valence-corrected chi connectivity index (χ0v) is 20.0. The SMILES string of the molecule is COCc1cc(F)c(CCc2ccc3c(F)c(CCc4ccc(OC(F)F)c(F)c4)ccc3c2)c(F)c1. The highest BCUT2D eigenvalue weighted by atomic mass is 19.3. The summed E-state index contributed by atoms with van der Waals surface area (Å²) in [7, 11) is 1.45. The number of ether oxygens (including phenoxy) is 2. The molecule has 4 rings (SSSR count). The molecule has 0 saturated heterocycles. The molecule has 2 nitrogen and oxygen atoms in total. The summed E-state index contributed by atoms with van der Waals surface area (Å²) in [6.45, 7) is -3.01. The Bertz CT molecular complexity index is 1380. The molecule has 0 N–H and O–H groups in total. The van der Waals surface area contributed by atoms with Crippen LogP contribution in [-0.4, -0.2) is 13.7 Å². The summed E-state index contributed by atoms with van der Waals surface area (Å²) in [5, 5.41) is 1.05. The smallest absolute Gasteiger partial charge is 0.387 e. The quantitative estimate of drug-likeness (QED) is 0.200. The van der Waals surface area contributed by atoms with Crippen LogP contribution in [0.4, 0.5) is 26.3 Å². The molecule has 0 atom stereocenters. The lowest BCUT2D eigenvalue weighted by Crippen LogP contribution is -2.04. The molecule has 8 heteroatoms. The number of hydrogen-bond donors (Lipinski definition) is 0. The van der Waals surface area contributed by atoms with Crippen molar-refractivity contribution in [1.29, 1.82) is 0 Å². The zero-order valence-electron chi connectivity index (χ0n) is 20.0. The minimum absolute atomic E-state index is 0.00767. The first-order chi connectivity index (χ1) is 17.7. The Kier molecular flexibility index (Phi) is 8.38. The van der Waals surface area contributed by atoms with Crippen LogP contribution in [0.3, 0.4) is 0 Å². The van der Waals surface area contributed by atoms with Gasteiger partial charge in [-0.15, -0.1) is 0 Å². The fourth-order valence-electron chi connectivity index (χ4n) is 4.32. The Balaban J connectivity index is 1.44. The number of aryl methyl sites for hydroxylation is 3. The van der Waals surface area contributed by atoms with Gasteiger partial charge in [-0.2, -0.15) is 8.78 Å². The van der Waals surface area contributed by atoms with Crippen molar-refractivity contribution in [3.8, 4) is 5.75 Å². The van der Waals surface area contributed by atoms with E-state index in [2.05, 4.69) is 4.74 Å². The summed E-state index contributed by atoms with van der Waals surface area (Å²) in [6.07, 6.45) is 1.09. The molecule has 0 bridgehead atoms. The third-order valence-electron chi connectivity index (χ3n) is 6.17. The van der Waals surface area contributed by atoms with Gasteiger partial charge in [0, 0.05) is 18.1 Å². The van der Waals surface area contributed by atoms with E-state index in [9.17, 15) is 22.0 Å². The van der Waals surface area contributed by atoms with Gasteiger partial charge in [-0.1, -0.05) is 36.4 Å². The highest BCUT2D eigenvalue weighted by Gasteiger charge is 2.14. The highest BCUT2D eigenvalue weighted by Crippen LogP contribution is 2.26. The summed E-state index contributed by atoms with van der Waals surface area (Å²) in [5.74, 6) is -3.11. The first kappa shape index (κ1) is 26.5. The fourth-order valence-corrected chi connectivity index (χ4v) is 4.32. The van der Waals surface area contributed by atoms with Crippen molar-refractivity contribution in [2.45, 2.75) is 38.9 Å². The predicted octanol–water partition coefficient (Wildman–Crippen LogP) is 7.71. The average molecular weight is 518 g/mol. The van der Waals surface area contributed by atoms with Crippen LogP contribution >= 0.6 is 0 Å². The lowest BCUT2D eigenvalue weighted by atomic mass is 9.97. The molecule has 0 radical (unpaired) electrons. The second-order valence-electron chi connectivity index (χ2n) is 8.71. The van der Waals surface area contributed by atoms with Gasteiger partial charge < -0.3 is 9.47 Å². The first-order valence-electron chi connectivity index (χ1n) is 11.6. The summed E-state index contributed by atoms with van der Waals surface area (Å²) < 4.78 is 91.5.